The van der Waals surface area contributed by atoms with Crippen molar-refractivity contribution in [1.82, 2.24) is 9.97 Å². The van der Waals surface area contributed by atoms with Gasteiger partial charge in [-0.1, -0.05) is 35.0 Å². The zero-order valence-corrected chi connectivity index (χ0v) is 16.8. The smallest absolute Gasteiger partial charge is 0.259 e. The van der Waals surface area contributed by atoms with Gasteiger partial charge in [-0.3, -0.25) is 9.59 Å². The van der Waals surface area contributed by atoms with Gasteiger partial charge in [-0.15, -0.1) is 0 Å². The van der Waals surface area contributed by atoms with Gasteiger partial charge in [-0.25, -0.2) is 9.97 Å². The molecule has 0 fully saturated rings. The van der Waals surface area contributed by atoms with E-state index >= 15 is 0 Å². The van der Waals surface area contributed by atoms with Gasteiger partial charge in [0, 0.05) is 23.8 Å². The number of hydrogen-bond donors (Lipinski definition) is 1. The number of hydrogen-bond acceptors (Lipinski definition) is 5. The summed E-state index contributed by atoms with van der Waals surface area (Å²) in [6.45, 7) is 0. The minimum absolute atomic E-state index is 0.00708. The molecule has 4 rings (SSSR count). The van der Waals surface area contributed by atoms with Gasteiger partial charge in [-0.2, -0.15) is 0 Å². The Hall–Kier alpha value is -2.61. The maximum Gasteiger partial charge on any atom is 0.259 e. The van der Waals surface area contributed by atoms with Crippen molar-refractivity contribution in [3.05, 3.63) is 70.1 Å². The van der Waals surface area contributed by atoms with Crippen LogP contribution in [0.2, 0.25) is 10.3 Å². The van der Waals surface area contributed by atoms with Crippen molar-refractivity contribution in [1.29, 1.82) is 0 Å². The Morgan fingerprint density at radius 2 is 2.00 bits per heavy atom. The summed E-state index contributed by atoms with van der Waals surface area (Å²) in [6.07, 6.45) is 1.69. The van der Waals surface area contributed by atoms with Crippen LogP contribution in [0.25, 0.3) is 0 Å². The highest BCUT2D eigenvalue weighted by molar-refractivity contribution is 7.99. The molecule has 6 nitrogen and oxygen atoms in total. The molecule has 3 aromatic rings. The average Bonchev–Trinajstić information content (AvgIpc) is 2.77. The highest BCUT2D eigenvalue weighted by atomic mass is 35.5. The van der Waals surface area contributed by atoms with Gasteiger partial charge in [0.05, 0.1) is 16.8 Å². The van der Waals surface area contributed by atoms with Crippen molar-refractivity contribution in [2.24, 2.45) is 0 Å². The second-order valence-corrected chi connectivity index (χ2v) is 7.71. The molecule has 3 heterocycles. The summed E-state index contributed by atoms with van der Waals surface area (Å²) in [6, 6.07) is 11.8. The molecule has 0 saturated carbocycles. The van der Waals surface area contributed by atoms with E-state index < -0.39 is 5.91 Å². The van der Waals surface area contributed by atoms with Crippen LogP contribution < -0.4 is 10.2 Å². The number of anilines is 2. The first-order valence-electron chi connectivity index (χ1n) is 8.12. The van der Waals surface area contributed by atoms with Crippen LogP contribution in [-0.4, -0.2) is 28.8 Å². The van der Waals surface area contributed by atoms with E-state index in [1.54, 1.807) is 42.4 Å². The molecule has 0 atom stereocenters. The third-order valence-electron chi connectivity index (χ3n) is 4.15. The van der Waals surface area contributed by atoms with Crippen LogP contribution in [0.1, 0.15) is 20.7 Å². The Morgan fingerprint density at radius 1 is 1.18 bits per heavy atom. The number of aromatic nitrogens is 2. The third kappa shape index (κ3) is 3.44. The van der Waals surface area contributed by atoms with Gasteiger partial charge in [0.1, 0.15) is 15.3 Å². The summed E-state index contributed by atoms with van der Waals surface area (Å²) in [4.78, 5) is 36.0. The summed E-state index contributed by atoms with van der Waals surface area (Å²) in [7, 11) is 1.70. The fourth-order valence-electron chi connectivity index (χ4n) is 2.75. The first-order valence-corrected chi connectivity index (χ1v) is 9.69. The van der Waals surface area contributed by atoms with E-state index in [4.69, 9.17) is 23.2 Å². The molecule has 0 radical (unpaired) electrons. The van der Waals surface area contributed by atoms with Crippen LogP contribution >= 0.6 is 35.0 Å². The molecule has 0 spiro atoms. The molecule has 0 bridgehead atoms. The molecule has 0 aliphatic carbocycles. The number of nitrogens with zero attached hydrogens (tertiary/aromatic N) is 3. The lowest BCUT2D eigenvalue weighted by Crippen LogP contribution is -2.26. The van der Waals surface area contributed by atoms with Gasteiger partial charge in [0.15, 0.2) is 0 Å². The van der Waals surface area contributed by atoms with Crippen molar-refractivity contribution in [3.8, 4) is 0 Å². The summed E-state index contributed by atoms with van der Waals surface area (Å²) in [5.41, 5.74) is 1.87. The number of carbonyl (C=O) groups excluding carboxylic acids is 2. The lowest BCUT2D eigenvalue weighted by molar-refractivity contribution is 0.0987. The summed E-state index contributed by atoms with van der Waals surface area (Å²) in [5, 5.41) is 3.69. The maximum absolute atomic E-state index is 12.9. The molecule has 28 heavy (non-hydrogen) atoms. The first-order chi connectivity index (χ1) is 13.4. The molecular weight excluding hydrogens is 419 g/mol. The van der Waals surface area contributed by atoms with E-state index in [0.29, 0.717) is 11.3 Å². The van der Waals surface area contributed by atoms with Crippen molar-refractivity contribution < 1.29 is 9.59 Å². The number of carbonyl (C=O) groups is 2. The molecule has 1 aromatic carbocycles. The topological polar surface area (TPSA) is 75.2 Å². The molecule has 1 aliphatic heterocycles. The van der Waals surface area contributed by atoms with Crippen LogP contribution in [0.5, 0.6) is 0 Å². The normalized spacial score (nSPS) is 12.8. The van der Waals surface area contributed by atoms with Crippen molar-refractivity contribution in [2.45, 2.75) is 9.92 Å². The number of amides is 2. The quantitative estimate of drug-likeness (QED) is 0.592. The van der Waals surface area contributed by atoms with Crippen LogP contribution in [0.15, 0.2) is 58.6 Å². The van der Waals surface area contributed by atoms with Crippen molar-refractivity contribution in [3.63, 3.8) is 0 Å². The fourth-order valence-corrected chi connectivity index (χ4v) is 4.21. The summed E-state index contributed by atoms with van der Waals surface area (Å²) < 4.78 is 0. The van der Waals surface area contributed by atoms with Gasteiger partial charge in [-0.05, 0) is 42.5 Å². The largest absolute Gasteiger partial charge is 0.322 e. The lowest BCUT2D eigenvalue weighted by atomic mass is 10.1. The summed E-state index contributed by atoms with van der Waals surface area (Å²) in [5.74, 6) is -0.627. The average molecular weight is 431 g/mol. The monoisotopic (exact) mass is 430 g/mol. The van der Waals surface area contributed by atoms with Gasteiger partial charge in [0.25, 0.3) is 11.8 Å². The third-order valence-corrected chi connectivity index (χ3v) is 5.73. The minimum atomic E-state index is -0.443. The zero-order chi connectivity index (χ0) is 19.8. The number of fused-ring (bicyclic) bond motifs is 2. The molecule has 1 aliphatic rings. The molecule has 1 N–H and O–H groups in total. The molecular formula is C19H12Cl2N4O2S. The molecule has 2 aromatic heterocycles. The minimum Gasteiger partial charge on any atom is -0.322 e. The summed E-state index contributed by atoms with van der Waals surface area (Å²) >= 11 is 13.2. The highest BCUT2D eigenvalue weighted by Crippen LogP contribution is 2.40. The Balaban J connectivity index is 1.66. The number of halogens is 2. The Bertz CT molecular complexity index is 1120. The Kier molecular flexibility index (Phi) is 4.97. The SMILES string of the molecule is CN1C(=O)c2cc(NC(=O)c3ccc(Cl)nc3Cl)ccc2Sc2ncccc21. The van der Waals surface area contributed by atoms with E-state index in [-0.39, 0.29) is 21.8 Å². The molecule has 0 unspecified atom stereocenters. The van der Waals surface area contributed by atoms with Gasteiger partial charge in [0.2, 0.25) is 0 Å². The van der Waals surface area contributed by atoms with Crippen LogP contribution in [0.3, 0.4) is 0 Å². The first kappa shape index (κ1) is 18.7. The standard InChI is InChI=1S/C19H12Cl2N4O2S/c1-25-13-3-2-8-22-18(13)28-14-6-4-10(9-12(14)19(25)27)23-17(26)11-5-7-15(20)24-16(11)21/h2-9H,1H3,(H,23,26). The van der Waals surface area contributed by atoms with Crippen LogP contribution in [0.4, 0.5) is 11.4 Å². The second-order valence-electron chi connectivity index (χ2n) is 5.93. The predicted octanol–water partition coefficient (Wildman–Crippen LogP) is 4.78. The number of rotatable bonds is 2. The molecule has 2 amide bonds. The van der Waals surface area contributed by atoms with Crippen molar-refractivity contribution >= 4 is 58.2 Å². The van der Waals surface area contributed by atoms with Gasteiger partial charge < -0.3 is 10.2 Å². The van der Waals surface area contributed by atoms with E-state index in [9.17, 15) is 9.59 Å². The Labute approximate surface area is 174 Å². The molecule has 0 saturated heterocycles. The highest BCUT2D eigenvalue weighted by Gasteiger charge is 2.26. The van der Waals surface area contributed by atoms with Crippen molar-refractivity contribution in [2.75, 3.05) is 17.3 Å². The van der Waals surface area contributed by atoms with Gasteiger partial charge >= 0.3 is 0 Å². The number of nitrogens with one attached hydrogen (secondary N) is 1. The number of pyridine rings is 2. The zero-order valence-electron chi connectivity index (χ0n) is 14.4. The predicted molar refractivity (Wildman–Crippen MR) is 110 cm³/mol. The maximum atomic E-state index is 12.9. The second kappa shape index (κ2) is 7.43. The van der Waals surface area contributed by atoms with E-state index in [1.807, 2.05) is 6.07 Å². The van der Waals surface area contributed by atoms with E-state index in [1.165, 1.54) is 23.9 Å². The Morgan fingerprint density at radius 3 is 2.79 bits per heavy atom. The van der Waals surface area contributed by atoms with Crippen LogP contribution in [0, 0.1) is 0 Å². The van der Waals surface area contributed by atoms with Crippen LogP contribution in [-0.2, 0) is 0 Å². The molecule has 9 heteroatoms. The van der Waals surface area contributed by atoms with E-state index in [2.05, 4.69) is 15.3 Å². The van der Waals surface area contributed by atoms with E-state index in [0.717, 1.165) is 15.6 Å². The lowest BCUT2D eigenvalue weighted by Gasteiger charge is -2.16. The number of benzene rings is 1. The fraction of sp³-hybridized carbons (Fsp3) is 0.0526. The molecule has 140 valence electrons.